The average Bonchev–Trinajstić information content (AvgIpc) is 2.56. The number of halogens is 3. The molecule has 2 aromatic carbocycles. The highest BCUT2D eigenvalue weighted by Crippen LogP contribution is 2.21. The molecule has 24 heavy (non-hydrogen) atoms. The van der Waals surface area contributed by atoms with Gasteiger partial charge in [0.25, 0.3) is 5.91 Å². The first-order valence-electron chi connectivity index (χ1n) is 7.54. The van der Waals surface area contributed by atoms with Crippen LogP contribution in [0.4, 0.5) is 13.2 Å². The molecular weight excluding hydrogens is 319 g/mol. The maximum Gasteiger partial charge on any atom is 0.251 e. The maximum absolute atomic E-state index is 13.2. The smallest absolute Gasteiger partial charge is 0.251 e. The van der Waals surface area contributed by atoms with Crippen molar-refractivity contribution in [3.8, 4) is 0 Å². The van der Waals surface area contributed by atoms with E-state index in [9.17, 15) is 23.1 Å². The summed E-state index contributed by atoms with van der Waals surface area (Å²) < 4.78 is 39.4. The molecule has 0 fully saturated rings. The summed E-state index contributed by atoms with van der Waals surface area (Å²) in [7, 11) is 0. The Morgan fingerprint density at radius 1 is 1.12 bits per heavy atom. The molecule has 1 amide bonds. The van der Waals surface area contributed by atoms with Crippen LogP contribution in [-0.2, 0) is 0 Å². The van der Waals surface area contributed by atoms with Crippen molar-refractivity contribution in [1.82, 2.24) is 5.32 Å². The molecule has 0 heterocycles. The molecule has 3 nitrogen and oxygen atoms in total. The SMILES string of the molecule is CC(O)CC(CNC(=O)c1cc(F)c(F)c(F)c1)c1ccccc1. The number of benzene rings is 2. The molecular formula is C18H18F3NO2. The second-order valence-corrected chi connectivity index (χ2v) is 5.66. The standard InChI is InChI=1S/C18H18F3NO2/c1-11(23)7-14(12-5-3-2-4-6-12)10-22-18(24)13-8-15(19)17(21)16(20)9-13/h2-6,8-9,11,14,23H,7,10H2,1H3,(H,22,24). The van der Waals surface area contributed by atoms with Crippen LogP contribution < -0.4 is 5.32 Å². The van der Waals surface area contributed by atoms with E-state index in [4.69, 9.17) is 0 Å². The lowest BCUT2D eigenvalue weighted by Gasteiger charge is -2.19. The van der Waals surface area contributed by atoms with Gasteiger partial charge in [0, 0.05) is 18.0 Å². The van der Waals surface area contributed by atoms with Gasteiger partial charge in [0.15, 0.2) is 17.5 Å². The third kappa shape index (κ3) is 4.58. The highest BCUT2D eigenvalue weighted by atomic mass is 19.2. The molecule has 2 atom stereocenters. The first-order chi connectivity index (χ1) is 11.4. The van der Waals surface area contributed by atoms with E-state index in [-0.39, 0.29) is 18.0 Å². The monoisotopic (exact) mass is 337 g/mol. The number of rotatable bonds is 6. The van der Waals surface area contributed by atoms with Gasteiger partial charge in [-0.05, 0) is 31.0 Å². The van der Waals surface area contributed by atoms with Gasteiger partial charge in [-0.2, -0.15) is 0 Å². The number of aliphatic hydroxyl groups excluding tert-OH is 1. The Kier molecular flexibility index (Phi) is 5.98. The van der Waals surface area contributed by atoms with E-state index in [1.165, 1.54) is 0 Å². The first kappa shape index (κ1) is 18.0. The summed E-state index contributed by atoms with van der Waals surface area (Å²) in [5.74, 6) is -5.31. The molecule has 0 spiro atoms. The molecule has 2 N–H and O–H groups in total. The molecule has 6 heteroatoms. The lowest BCUT2D eigenvalue weighted by molar-refractivity contribution is 0.0944. The van der Waals surface area contributed by atoms with Gasteiger partial charge in [0.1, 0.15) is 0 Å². The third-order valence-corrected chi connectivity index (χ3v) is 3.65. The Morgan fingerprint density at radius 3 is 2.25 bits per heavy atom. The molecule has 0 bridgehead atoms. The average molecular weight is 337 g/mol. The number of aliphatic hydroxyl groups is 1. The number of hydrogen-bond donors (Lipinski definition) is 2. The summed E-state index contributed by atoms with van der Waals surface area (Å²) in [5.41, 5.74) is 0.630. The van der Waals surface area contributed by atoms with E-state index in [1.807, 2.05) is 30.3 Å². The normalized spacial score (nSPS) is 13.4. The first-order valence-corrected chi connectivity index (χ1v) is 7.54. The number of carbonyl (C=O) groups is 1. The fourth-order valence-electron chi connectivity index (χ4n) is 2.48. The quantitative estimate of drug-likeness (QED) is 0.794. The number of nitrogens with one attached hydrogen (secondary N) is 1. The molecule has 2 unspecified atom stereocenters. The zero-order valence-electron chi connectivity index (χ0n) is 13.1. The maximum atomic E-state index is 13.2. The van der Waals surface area contributed by atoms with E-state index < -0.39 is 29.5 Å². The Bertz CT molecular complexity index is 682. The molecule has 128 valence electrons. The van der Waals surface area contributed by atoms with Gasteiger partial charge in [0.2, 0.25) is 0 Å². The van der Waals surface area contributed by atoms with Crippen molar-refractivity contribution in [1.29, 1.82) is 0 Å². The van der Waals surface area contributed by atoms with Crippen LogP contribution in [0.5, 0.6) is 0 Å². The van der Waals surface area contributed by atoms with Crippen LogP contribution in [-0.4, -0.2) is 23.7 Å². The van der Waals surface area contributed by atoms with Gasteiger partial charge in [-0.15, -0.1) is 0 Å². The lowest BCUT2D eigenvalue weighted by atomic mass is 9.93. The lowest BCUT2D eigenvalue weighted by Crippen LogP contribution is -2.30. The topological polar surface area (TPSA) is 49.3 Å². The summed E-state index contributed by atoms with van der Waals surface area (Å²) in [4.78, 5) is 12.1. The number of carbonyl (C=O) groups excluding carboxylic acids is 1. The minimum atomic E-state index is -1.61. The number of amides is 1. The highest BCUT2D eigenvalue weighted by Gasteiger charge is 2.18. The number of hydrogen-bond acceptors (Lipinski definition) is 2. The van der Waals surface area contributed by atoms with Gasteiger partial charge < -0.3 is 10.4 Å². The van der Waals surface area contributed by atoms with E-state index >= 15 is 0 Å². The molecule has 0 radical (unpaired) electrons. The Morgan fingerprint density at radius 2 is 1.71 bits per heavy atom. The second-order valence-electron chi connectivity index (χ2n) is 5.66. The Labute approximate surface area is 138 Å². The van der Waals surface area contributed by atoms with E-state index in [0.717, 1.165) is 5.56 Å². The minimum Gasteiger partial charge on any atom is -0.393 e. The van der Waals surface area contributed by atoms with Crippen molar-refractivity contribution >= 4 is 5.91 Å². The van der Waals surface area contributed by atoms with Gasteiger partial charge in [-0.1, -0.05) is 30.3 Å². The fraction of sp³-hybridized carbons (Fsp3) is 0.278. The molecule has 0 saturated carbocycles. The third-order valence-electron chi connectivity index (χ3n) is 3.65. The van der Waals surface area contributed by atoms with Gasteiger partial charge in [0.05, 0.1) is 6.10 Å². The Hall–Kier alpha value is -2.34. The van der Waals surface area contributed by atoms with Crippen molar-refractivity contribution in [2.24, 2.45) is 0 Å². The summed E-state index contributed by atoms with van der Waals surface area (Å²) >= 11 is 0. The van der Waals surface area contributed by atoms with Crippen LogP contribution in [0.15, 0.2) is 42.5 Å². The van der Waals surface area contributed by atoms with E-state index in [2.05, 4.69) is 5.32 Å². The Balaban J connectivity index is 2.10. The van der Waals surface area contributed by atoms with Crippen molar-refractivity contribution in [2.45, 2.75) is 25.4 Å². The summed E-state index contributed by atoms with van der Waals surface area (Å²) in [6, 6.07) is 10.6. The van der Waals surface area contributed by atoms with Crippen LogP contribution in [0.3, 0.4) is 0 Å². The van der Waals surface area contributed by atoms with Crippen molar-refractivity contribution in [3.05, 3.63) is 71.0 Å². The second kappa shape index (κ2) is 7.97. The van der Waals surface area contributed by atoms with Crippen molar-refractivity contribution < 1.29 is 23.1 Å². The molecule has 0 aliphatic heterocycles. The van der Waals surface area contributed by atoms with Crippen LogP contribution >= 0.6 is 0 Å². The summed E-state index contributed by atoms with van der Waals surface area (Å²) in [6.45, 7) is 1.82. The molecule has 0 aromatic heterocycles. The summed E-state index contributed by atoms with van der Waals surface area (Å²) in [6.07, 6.45) is -0.163. The zero-order valence-corrected chi connectivity index (χ0v) is 13.1. The van der Waals surface area contributed by atoms with Crippen LogP contribution in [0.2, 0.25) is 0 Å². The van der Waals surface area contributed by atoms with Crippen molar-refractivity contribution in [2.75, 3.05) is 6.54 Å². The van der Waals surface area contributed by atoms with E-state index in [1.54, 1.807) is 6.92 Å². The van der Waals surface area contributed by atoms with Gasteiger partial charge in [-0.25, -0.2) is 13.2 Å². The van der Waals surface area contributed by atoms with Crippen LogP contribution in [0.25, 0.3) is 0 Å². The van der Waals surface area contributed by atoms with Gasteiger partial charge >= 0.3 is 0 Å². The zero-order chi connectivity index (χ0) is 17.7. The molecule has 0 saturated heterocycles. The molecule has 2 aromatic rings. The predicted molar refractivity (Wildman–Crippen MR) is 84.1 cm³/mol. The molecule has 2 rings (SSSR count). The predicted octanol–water partition coefficient (Wildman–Crippen LogP) is 3.39. The van der Waals surface area contributed by atoms with Gasteiger partial charge in [-0.3, -0.25) is 4.79 Å². The summed E-state index contributed by atoms with van der Waals surface area (Å²) in [5, 5.41) is 12.2. The fourth-order valence-corrected chi connectivity index (χ4v) is 2.48. The van der Waals surface area contributed by atoms with Crippen LogP contribution in [0.1, 0.15) is 35.2 Å². The molecule has 0 aliphatic rings. The highest BCUT2D eigenvalue weighted by molar-refractivity contribution is 5.94. The van der Waals surface area contributed by atoms with Crippen molar-refractivity contribution in [3.63, 3.8) is 0 Å². The van der Waals surface area contributed by atoms with Crippen LogP contribution in [0, 0.1) is 17.5 Å². The largest absolute Gasteiger partial charge is 0.393 e. The molecule has 0 aliphatic carbocycles. The van der Waals surface area contributed by atoms with E-state index in [0.29, 0.717) is 18.6 Å². The minimum absolute atomic E-state index is 0.162.